The molecule has 0 amide bonds. The Balaban J connectivity index is 2.45. The van der Waals surface area contributed by atoms with Crippen molar-refractivity contribution in [1.29, 1.82) is 0 Å². The maximum Gasteiger partial charge on any atom is 0.137 e. The molecule has 0 aliphatic heterocycles. The molecule has 2 aromatic rings. The van der Waals surface area contributed by atoms with Crippen LogP contribution in [0.2, 0.25) is 5.02 Å². The predicted molar refractivity (Wildman–Crippen MR) is 88.6 cm³/mol. The topological polar surface area (TPSA) is 21.3 Å². The first-order valence-electron chi connectivity index (χ1n) is 5.52. The molecule has 0 aliphatic rings. The van der Waals surface area contributed by atoms with E-state index in [2.05, 4.69) is 43.2 Å². The molecule has 6 heteroatoms. The minimum Gasteiger partial charge on any atom is -0.495 e. The van der Waals surface area contributed by atoms with Crippen LogP contribution in [0.3, 0.4) is 0 Å². The van der Waals surface area contributed by atoms with Gasteiger partial charge >= 0.3 is 0 Å². The van der Waals surface area contributed by atoms with Gasteiger partial charge in [-0.25, -0.2) is 0 Å². The van der Waals surface area contributed by atoms with Crippen LogP contribution in [-0.2, 0) is 0 Å². The average molecular weight is 426 g/mol. The van der Waals surface area contributed by atoms with Crippen molar-refractivity contribution in [3.8, 4) is 5.75 Å². The minimum absolute atomic E-state index is 0.0862. The van der Waals surface area contributed by atoms with Crippen molar-refractivity contribution in [1.82, 2.24) is 5.32 Å². The highest BCUT2D eigenvalue weighted by Crippen LogP contribution is 2.39. The summed E-state index contributed by atoms with van der Waals surface area (Å²) in [5.41, 5.74) is 2.29. The lowest BCUT2D eigenvalue weighted by molar-refractivity contribution is 0.414. The Morgan fingerprint density at radius 1 is 1.32 bits per heavy atom. The highest BCUT2D eigenvalue weighted by molar-refractivity contribution is 9.12. The third kappa shape index (κ3) is 3.34. The lowest BCUT2D eigenvalue weighted by Crippen LogP contribution is -2.17. The van der Waals surface area contributed by atoms with E-state index in [1.807, 2.05) is 25.2 Å². The summed E-state index contributed by atoms with van der Waals surface area (Å²) >= 11 is 14.8. The van der Waals surface area contributed by atoms with Gasteiger partial charge in [-0.05, 0) is 68.2 Å². The second-order valence-corrected chi connectivity index (χ2v) is 8.05. The normalized spacial score (nSPS) is 12.5. The van der Waals surface area contributed by atoms with Crippen molar-refractivity contribution in [3.63, 3.8) is 0 Å². The number of hydrogen-bond donors (Lipinski definition) is 1. The zero-order chi connectivity index (χ0) is 14.0. The number of hydrogen-bond acceptors (Lipinski definition) is 3. The zero-order valence-corrected chi connectivity index (χ0v) is 15.1. The van der Waals surface area contributed by atoms with Crippen molar-refractivity contribution < 1.29 is 4.74 Å². The van der Waals surface area contributed by atoms with Gasteiger partial charge in [0.1, 0.15) is 5.75 Å². The third-order valence-corrected chi connectivity index (χ3v) is 5.49. The van der Waals surface area contributed by atoms with Crippen LogP contribution in [0.25, 0.3) is 0 Å². The summed E-state index contributed by atoms with van der Waals surface area (Å²) in [4.78, 5) is 0. The maximum atomic E-state index is 6.07. The molecule has 1 aromatic heterocycles. The van der Waals surface area contributed by atoms with E-state index >= 15 is 0 Å². The molecule has 0 saturated carbocycles. The summed E-state index contributed by atoms with van der Waals surface area (Å²) in [5.74, 6) is 0.685. The first-order chi connectivity index (χ1) is 9.06. The molecule has 1 N–H and O–H groups in total. The van der Waals surface area contributed by atoms with Gasteiger partial charge in [0.2, 0.25) is 0 Å². The molecule has 102 valence electrons. The van der Waals surface area contributed by atoms with Crippen LogP contribution in [0.4, 0.5) is 0 Å². The quantitative estimate of drug-likeness (QED) is 0.723. The van der Waals surface area contributed by atoms with Gasteiger partial charge < -0.3 is 10.1 Å². The molecule has 0 radical (unpaired) electrons. The number of ether oxygens (including phenoxy) is 1. The van der Waals surface area contributed by atoms with E-state index in [4.69, 9.17) is 16.3 Å². The van der Waals surface area contributed by atoms with Gasteiger partial charge in [0.05, 0.1) is 25.7 Å². The van der Waals surface area contributed by atoms with E-state index in [0.717, 1.165) is 13.1 Å². The summed E-state index contributed by atoms with van der Waals surface area (Å²) < 4.78 is 7.47. The number of halogens is 3. The van der Waals surface area contributed by atoms with Gasteiger partial charge in [0, 0.05) is 0 Å². The third-order valence-electron chi connectivity index (χ3n) is 2.79. The van der Waals surface area contributed by atoms with Crippen molar-refractivity contribution in [2.24, 2.45) is 0 Å². The number of rotatable bonds is 4. The highest BCUT2D eigenvalue weighted by atomic mass is 79.9. The Morgan fingerprint density at radius 2 is 2.05 bits per heavy atom. The number of nitrogens with one attached hydrogen (secondary N) is 1. The summed E-state index contributed by atoms with van der Waals surface area (Å²) in [6.45, 7) is 0. The molecular weight excluding hydrogens is 413 g/mol. The van der Waals surface area contributed by atoms with E-state index in [0.29, 0.717) is 10.8 Å². The van der Waals surface area contributed by atoms with Crippen molar-refractivity contribution >= 4 is 54.8 Å². The summed E-state index contributed by atoms with van der Waals surface area (Å²) in [6, 6.07) is 8.01. The molecule has 0 fully saturated rings. The fourth-order valence-corrected chi connectivity index (χ4v) is 5.00. The first-order valence-corrected chi connectivity index (χ1v) is 8.30. The number of methoxy groups -OCH3 is 1. The van der Waals surface area contributed by atoms with E-state index in [1.54, 1.807) is 18.4 Å². The molecule has 2 rings (SSSR count). The Bertz CT molecular complexity index is 588. The van der Waals surface area contributed by atoms with Crippen LogP contribution in [0.15, 0.2) is 31.8 Å². The van der Waals surface area contributed by atoms with Gasteiger partial charge in [-0.3, -0.25) is 0 Å². The lowest BCUT2D eigenvalue weighted by atomic mass is 10.0. The molecule has 0 aliphatic carbocycles. The minimum atomic E-state index is 0.0862. The summed E-state index contributed by atoms with van der Waals surface area (Å²) in [5, 5.41) is 3.93. The molecule has 1 unspecified atom stereocenters. The zero-order valence-electron chi connectivity index (χ0n) is 10.3. The Labute approximate surface area is 138 Å². The summed E-state index contributed by atoms with van der Waals surface area (Å²) in [6.07, 6.45) is 0. The molecule has 0 spiro atoms. The fourth-order valence-electron chi connectivity index (χ4n) is 1.91. The van der Waals surface area contributed by atoms with Crippen LogP contribution in [0, 0.1) is 0 Å². The molecule has 19 heavy (non-hydrogen) atoms. The highest BCUT2D eigenvalue weighted by Gasteiger charge is 2.18. The number of benzene rings is 1. The van der Waals surface area contributed by atoms with Crippen LogP contribution < -0.4 is 10.1 Å². The SMILES string of the molecule is CNC(c1ccc(Cl)c(OC)c1)c1cc(Br)sc1Br. The van der Waals surface area contributed by atoms with Crippen molar-refractivity contribution in [2.75, 3.05) is 14.2 Å². The first kappa shape index (κ1) is 15.3. The molecule has 1 aromatic carbocycles. The van der Waals surface area contributed by atoms with Gasteiger partial charge in [-0.15, -0.1) is 11.3 Å². The van der Waals surface area contributed by atoms with Crippen molar-refractivity contribution in [2.45, 2.75) is 6.04 Å². The second-order valence-electron chi connectivity index (χ2n) is 3.90. The Hall–Kier alpha value is -0.0700. The smallest absolute Gasteiger partial charge is 0.137 e. The van der Waals surface area contributed by atoms with Crippen LogP contribution in [0.1, 0.15) is 17.2 Å². The monoisotopic (exact) mass is 423 g/mol. The molecule has 2 nitrogen and oxygen atoms in total. The number of thiophene rings is 1. The van der Waals surface area contributed by atoms with Gasteiger partial charge in [-0.2, -0.15) is 0 Å². The standard InChI is InChI=1S/C13H12Br2ClNOS/c1-17-12(8-6-11(14)19-13(8)15)7-3-4-9(16)10(5-7)18-2/h3-6,12,17H,1-2H3. The molecule has 1 atom stereocenters. The Morgan fingerprint density at radius 3 is 2.58 bits per heavy atom. The van der Waals surface area contributed by atoms with Crippen molar-refractivity contribution in [3.05, 3.63) is 48.0 Å². The average Bonchev–Trinajstić information content (AvgIpc) is 2.71. The maximum absolute atomic E-state index is 6.07. The molecule has 1 heterocycles. The van der Waals surface area contributed by atoms with E-state index in [1.165, 1.54) is 5.56 Å². The van der Waals surface area contributed by atoms with Gasteiger partial charge in [0.25, 0.3) is 0 Å². The van der Waals surface area contributed by atoms with E-state index < -0.39 is 0 Å². The second kappa shape index (κ2) is 6.59. The predicted octanol–water partition coefficient (Wildman–Crippen LogP) is 5.24. The molecule has 0 bridgehead atoms. The van der Waals surface area contributed by atoms with Crippen LogP contribution in [0.5, 0.6) is 5.75 Å². The summed E-state index contributed by atoms with van der Waals surface area (Å²) in [7, 11) is 3.56. The fraction of sp³-hybridized carbons (Fsp3) is 0.231. The molecular formula is C13H12Br2ClNOS. The van der Waals surface area contributed by atoms with Crippen LogP contribution >= 0.6 is 54.8 Å². The van der Waals surface area contributed by atoms with Gasteiger partial charge in [0.15, 0.2) is 0 Å². The largest absolute Gasteiger partial charge is 0.495 e. The van der Waals surface area contributed by atoms with Gasteiger partial charge in [-0.1, -0.05) is 17.7 Å². The van der Waals surface area contributed by atoms with Crippen LogP contribution in [-0.4, -0.2) is 14.2 Å². The van der Waals surface area contributed by atoms with E-state index in [9.17, 15) is 0 Å². The Kier molecular flexibility index (Phi) is 5.31. The van der Waals surface area contributed by atoms with E-state index in [-0.39, 0.29) is 6.04 Å². The molecule has 0 saturated heterocycles. The lowest BCUT2D eigenvalue weighted by Gasteiger charge is -2.17.